The number of carbonyl (C=O) groups excluding carboxylic acids is 1. The molecule has 0 radical (unpaired) electrons. The van der Waals surface area contributed by atoms with Crippen LogP contribution < -0.4 is 11.1 Å². The lowest BCUT2D eigenvalue weighted by molar-refractivity contribution is 0.101. The molecular formula is C13H14N4O. The minimum absolute atomic E-state index is 0.0250. The number of aryl methyl sites for hydroxylation is 1. The molecule has 0 aliphatic carbocycles. The summed E-state index contributed by atoms with van der Waals surface area (Å²) in [6.07, 6.45) is 0. The first-order valence-corrected chi connectivity index (χ1v) is 5.54. The Kier molecular flexibility index (Phi) is 3.23. The number of nitrogens with zero attached hydrogens (tertiary/aromatic N) is 2. The number of anilines is 3. The van der Waals surface area contributed by atoms with E-state index in [1.807, 2.05) is 19.1 Å². The van der Waals surface area contributed by atoms with Gasteiger partial charge in [0.05, 0.1) is 0 Å². The summed E-state index contributed by atoms with van der Waals surface area (Å²) in [6, 6.07) is 9.01. The molecule has 0 spiro atoms. The Labute approximate surface area is 105 Å². The van der Waals surface area contributed by atoms with E-state index in [-0.39, 0.29) is 11.7 Å². The standard InChI is InChI=1S/C13H14N4O/c1-8-6-12(17-13(14)15-8)16-11-5-3-4-10(7-11)9(2)18/h3-7H,1-2H3,(H3,14,15,16,17). The zero-order valence-electron chi connectivity index (χ0n) is 10.3. The topological polar surface area (TPSA) is 80.9 Å². The smallest absolute Gasteiger partial charge is 0.222 e. The van der Waals surface area contributed by atoms with Gasteiger partial charge in [0, 0.05) is 23.0 Å². The van der Waals surface area contributed by atoms with Gasteiger partial charge < -0.3 is 11.1 Å². The Bertz CT molecular complexity index is 575. The summed E-state index contributed by atoms with van der Waals surface area (Å²) in [5, 5.41) is 3.10. The van der Waals surface area contributed by atoms with Crippen molar-refractivity contribution in [3.63, 3.8) is 0 Å². The van der Waals surface area contributed by atoms with Gasteiger partial charge in [-0.25, -0.2) is 4.98 Å². The molecule has 1 aromatic heterocycles. The molecule has 0 saturated carbocycles. The summed E-state index contributed by atoms with van der Waals surface area (Å²) in [4.78, 5) is 19.4. The van der Waals surface area contributed by atoms with E-state index >= 15 is 0 Å². The number of nitrogen functional groups attached to an aromatic ring is 1. The van der Waals surface area contributed by atoms with Crippen molar-refractivity contribution in [3.05, 3.63) is 41.6 Å². The summed E-state index contributed by atoms with van der Waals surface area (Å²) in [5.41, 5.74) is 7.80. The van der Waals surface area contributed by atoms with E-state index in [9.17, 15) is 4.79 Å². The molecule has 2 aromatic rings. The van der Waals surface area contributed by atoms with Crippen LogP contribution >= 0.6 is 0 Å². The molecule has 0 atom stereocenters. The highest BCUT2D eigenvalue weighted by Crippen LogP contribution is 2.17. The van der Waals surface area contributed by atoms with E-state index in [4.69, 9.17) is 5.73 Å². The minimum atomic E-state index is 0.0250. The average molecular weight is 242 g/mol. The van der Waals surface area contributed by atoms with E-state index < -0.39 is 0 Å². The fourth-order valence-corrected chi connectivity index (χ4v) is 1.62. The number of hydrogen-bond acceptors (Lipinski definition) is 5. The Balaban J connectivity index is 2.28. The molecule has 1 heterocycles. The Morgan fingerprint density at radius 3 is 2.72 bits per heavy atom. The highest BCUT2D eigenvalue weighted by atomic mass is 16.1. The number of rotatable bonds is 3. The van der Waals surface area contributed by atoms with Gasteiger partial charge in [0.2, 0.25) is 5.95 Å². The number of nitrogens with two attached hydrogens (primary N) is 1. The third kappa shape index (κ3) is 2.82. The first-order chi connectivity index (χ1) is 8.54. The molecule has 0 aliphatic rings. The number of benzene rings is 1. The lowest BCUT2D eigenvalue weighted by Crippen LogP contribution is -2.02. The molecule has 0 amide bonds. The van der Waals surface area contributed by atoms with E-state index in [0.717, 1.165) is 11.4 Å². The number of carbonyl (C=O) groups is 1. The Morgan fingerprint density at radius 2 is 2.06 bits per heavy atom. The molecule has 2 rings (SSSR count). The van der Waals surface area contributed by atoms with Gasteiger partial charge in [-0.15, -0.1) is 0 Å². The maximum Gasteiger partial charge on any atom is 0.222 e. The fourth-order valence-electron chi connectivity index (χ4n) is 1.62. The predicted octanol–water partition coefficient (Wildman–Crippen LogP) is 2.31. The second-order valence-electron chi connectivity index (χ2n) is 4.01. The van der Waals surface area contributed by atoms with Crippen molar-refractivity contribution in [3.8, 4) is 0 Å². The normalized spacial score (nSPS) is 10.1. The van der Waals surface area contributed by atoms with Gasteiger partial charge in [-0.1, -0.05) is 12.1 Å². The average Bonchev–Trinajstić information content (AvgIpc) is 2.27. The summed E-state index contributed by atoms with van der Waals surface area (Å²) in [7, 11) is 0. The highest BCUT2D eigenvalue weighted by Gasteiger charge is 2.03. The predicted molar refractivity (Wildman–Crippen MR) is 70.9 cm³/mol. The second-order valence-corrected chi connectivity index (χ2v) is 4.01. The zero-order valence-corrected chi connectivity index (χ0v) is 10.3. The molecule has 0 fully saturated rings. The fraction of sp³-hybridized carbons (Fsp3) is 0.154. The number of hydrogen-bond donors (Lipinski definition) is 2. The van der Waals surface area contributed by atoms with Crippen LogP contribution in [0.25, 0.3) is 0 Å². The second kappa shape index (κ2) is 4.83. The monoisotopic (exact) mass is 242 g/mol. The molecular weight excluding hydrogens is 228 g/mol. The van der Waals surface area contributed by atoms with Gasteiger partial charge in [-0.2, -0.15) is 4.98 Å². The molecule has 5 nitrogen and oxygen atoms in total. The Hall–Kier alpha value is -2.43. The van der Waals surface area contributed by atoms with Crippen LogP contribution in [0.1, 0.15) is 23.0 Å². The van der Waals surface area contributed by atoms with Crippen LogP contribution in [0.2, 0.25) is 0 Å². The van der Waals surface area contributed by atoms with Crippen LogP contribution in [0, 0.1) is 6.92 Å². The SMILES string of the molecule is CC(=O)c1cccc(Nc2cc(C)nc(N)n2)c1. The molecule has 5 heteroatoms. The minimum Gasteiger partial charge on any atom is -0.368 e. The third-order valence-electron chi connectivity index (χ3n) is 2.41. The zero-order chi connectivity index (χ0) is 13.1. The van der Waals surface area contributed by atoms with Gasteiger partial charge in [-0.3, -0.25) is 4.79 Å². The maximum absolute atomic E-state index is 11.3. The molecule has 0 saturated heterocycles. The number of nitrogens with one attached hydrogen (secondary N) is 1. The molecule has 0 unspecified atom stereocenters. The maximum atomic E-state index is 11.3. The van der Waals surface area contributed by atoms with Gasteiger partial charge >= 0.3 is 0 Å². The highest BCUT2D eigenvalue weighted by molar-refractivity contribution is 5.95. The van der Waals surface area contributed by atoms with Gasteiger partial charge in [-0.05, 0) is 26.0 Å². The van der Waals surface area contributed by atoms with Crippen LogP contribution in [0.5, 0.6) is 0 Å². The van der Waals surface area contributed by atoms with Crippen LogP contribution in [0.15, 0.2) is 30.3 Å². The summed E-state index contributed by atoms with van der Waals surface area (Å²) < 4.78 is 0. The van der Waals surface area contributed by atoms with E-state index in [1.165, 1.54) is 6.92 Å². The van der Waals surface area contributed by atoms with Crippen LogP contribution in [0.4, 0.5) is 17.5 Å². The summed E-state index contributed by atoms with van der Waals surface area (Å²) >= 11 is 0. The number of ketones is 1. The first-order valence-electron chi connectivity index (χ1n) is 5.54. The van der Waals surface area contributed by atoms with E-state index in [0.29, 0.717) is 11.4 Å². The molecule has 92 valence electrons. The van der Waals surface area contributed by atoms with Crippen molar-refractivity contribution in [1.29, 1.82) is 0 Å². The van der Waals surface area contributed by atoms with Gasteiger partial charge in [0.25, 0.3) is 0 Å². The summed E-state index contributed by atoms with van der Waals surface area (Å²) in [6.45, 7) is 3.38. The third-order valence-corrected chi connectivity index (χ3v) is 2.41. The van der Waals surface area contributed by atoms with Crippen molar-refractivity contribution in [1.82, 2.24) is 9.97 Å². The van der Waals surface area contributed by atoms with Crippen molar-refractivity contribution < 1.29 is 4.79 Å². The molecule has 0 aliphatic heterocycles. The quantitative estimate of drug-likeness (QED) is 0.807. The van der Waals surface area contributed by atoms with E-state index in [2.05, 4.69) is 15.3 Å². The molecule has 1 aromatic carbocycles. The van der Waals surface area contributed by atoms with Crippen molar-refractivity contribution >= 4 is 23.2 Å². The van der Waals surface area contributed by atoms with Crippen molar-refractivity contribution in [2.45, 2.75) is 13.8 Å². The largest absolute Gasteiger partial charge is 0.368 e. The van der Waals surface area contributed by atoms with Crippen LogP contribution in [0.3, 0.4) is 0 Å². The molecule has 18 heavy (non-hydrogen) atoms. The van der Waals surface area contributed by atoms with Crippen LogP contribution in [-0.4, -0.2) is 15.8 Å². The van der Waals surface area contributed by atoms with Crippen LogP contribution in [-0.2, 0) is 0 Å². The Morgan fingerprint density at radius 1 is 1.28 bits per heavy atom. The van der Waals surface area contributed by atoms with E-state index in [1.54, 1.807) is 18.2 Å². The van der Waals surface area contributed by atoms with Gasteiger partial charge in [0.15, 0.2) is 5.78 Å². The van der Waals surface area contributed by atoms with Crippen molar-refractivity contribution in [2.75, 3.05) is 11.1 Å². The summed E-state index contributed by atoms with van der Waals surface area (Å²) in [5.74, 6) is 0.859. The van der Waals surface area contributed by atoms with Crippen molar-refractivity contribution in [2.24, 2.45) is 0 Å². The lowest BCUT2D eigenvalue weighted by Gasteiger charge is -2.07. The number of aromatic nitrogens is 2. The first kappa shape index (κ1) is 12.0. The molecule has 0 bridgehead atoms. The van der Waals surface area contributed by atoms with Gasteiger partial charge in [0.1, 0.15) is 5.82 Å². The lowest BCUT2D eigenvalue weighted by atomic mass is 10.1. The number of Topliss-reactive ketones (excluding diaryl/α,β-unsaturated/α-hetero) is 1. The molecule has 3 N–H and O–H groups in total.